The minimum absolute atomic E-state index is 0.0450. The molecule has 0 unspecified atom stereocenters. The normalized spacial score (nSPS) is 28.0. The lowest BCUT2D eigenvalue weighted by Crippen LogP contribution is -2.60. The van der Waals surface area contributed by atoms with Gasteiger partial charge in [-0.2, -0.15) is 0 Å². The molecule has 2 aromatic carbocycles. The van der Waals surface area contributed by atoms with E-state index in [2.05, 4.69) is 0 Å². The first-order chi connectivity index (χ1) is 15.2. The Morgan fingerprint density at radius 3 is 2.53 bits per heavy atom. The average Bonchev–Trinajstić information content (AvgIpc) is 2.76. The molecule has 0 bridgehead atoms. The lowest BCUT2D eigenvalue weighted by molar-refractivity contribution is -0.183. The smallest absolute Gasteiger partial charge is 0.335 e. The Bertz CT molecular complexity index is 1060. The number of carbonyl (C=O) groups excluding carboxylic acids is 1. The van der Waals surface area contributed by atoms with Crippen LogP contribution in [0.15, 0.2) is 42.5 Å². The van der Waals surface area contributed by atoms with Gasteiger partial charge in [-0.1, -0.05) is 0 Å². The zero-order chi connectivity index (χ0) is 22.6. The fourth-order valence-corrected chi connectivity index (χ4v) is 5.44. The summed E-state index contributed by atoms with van der Waals surface area (Å²) in [5.41, 5.74) is 1.06. The van der Waals surface area contributed by atoms with Gasteiger partial charge in [-0.15, -0.1) is 0 Å². The number of rotatable bonds is 2. The van der Waals surface area contributed by atoms with Gasteiger partial charge < -0.3 is 24.6 Å². The number of benzene rings is 2. The summed E-state index contributed by atoms with van der Waals surface area (Å²) in [7, 11) is 0. The van der Waals surface area contributed by atoms with E-state index in [4.69, 9.17) is 14.6 Å². The summed E-state index contributed by atoms with van der Waals surface area (Å²) < 4.78 is 12.9. The van der Waals surface area contributed by atoms with Crippen molar-refractivity contribution in [3.8, 4) is 11.5 Å². The van der Waals surface area contributed by atoms with E-state index in [1.54, 1.807) is 24.3 Å². The van der Waals surface area contributed by atoms with Crippen LogP contribution in [0.25, 0.3) is 0 Å². The van der Waals surface area contributed by atoms with E-state index in [-0.39, 0.29) is 41.4 Å². The molecular weight excluding hydrogens is 410 g/mol. The van der Waals surface area contributed by atoms with Crippen molar-refractivity contribution in [2.45, 2.75) is 57.0 Å². The molecule has 168 valence electrons. The molecule has 1 amide bonds. The van der Waals surface area contributed by atoms with Crippen LogP contribution in [0.2, 0.25) is 0 Å². The Hall–Kier alpha value is -3.06. The van der Waals surface area contributed by atoms with Gasteiger partial charge in [-0.25, -0.2) is 4.79 Å². The number of phenols is 1. The minimum atomic E-state index is -1.01. The number of likely N-dealkylation sites (tertiary alicyclic amines) is 1. The summed E-state index contributed by atoms with van der Waals surface area (Å²) in [6.07, 6.45) is 2.24. The largest absolute Gasteiger partial charge is 0.508 e. The van der Waals surface area contributed by atoms with Gasteiger partial charge in [0, 0.05) is 29.7 Å². The third-order valence-corrected chi connectivity index (χ3v) is 7.11. The van der Waals surface area contributed by atoms with Crippen molar-refractivity contribution >= 4 is 11.9 Å². The van der Waals surface area contributed by atoms with Crippen molar-refractivity contribution in [3.63, 3.8) is 0 Å². The molecule has 0 saturated carbocycles. The van der Waals surface area contributed by atoms with Gasteiger partial charge in [0.05, 0.1) is 23.8 Å². The van der Waals surface area contributed by atoms with Crippen molar-refractivity contribution in [1.82, 2.24) is 4.90 Å². The monoisotopic (exact) mass is 437 g/mol. The zero-order valence-electron chi connectivity index (χ0n) is 18.2. The number of phenolic OH excluding ortho intramolecular Hbond substituents is 1. The number of hydrogen-bond donors (Lipinski definition) is 2. The van der Waals surface area contributed by atoms with Crippen LogP contribution in [-0.2, 0) is 4.74 Å². The summed E-state index contributed by atoms with van der Waals surface area (Å²) in [6, 6.07) is 11.2. The predicted octanol–water partition coefficient (Wildman–Crippen LogP) is 4.01. The number of amides is 1. The third kappa shape index (κ3) is 3.41. The maximum atomic E-state index is 13.4. The van der Waals surface area contributed by atoms with Crippen LogP contribution < -0.4 is 4.74 Å². The molecule has 4 atom stereocenters. The minimum Gasteiger partial charge on any atom is -0.508 e. The fourth-order valence-electron chi connectivity index (χ4n) is 5.44. The molecule has 2 aromatic rings. The number of carboxylic acid groups (broad SMARTS) is 1. The Kier molecular flexibility index (Phi) is 4.89. The van der Waals surface area contributed by atoms with E-state index < -0.39 is 11.6 Å². The predicted molar refractivity (Wildman–Crippen MR) is 116 cm³/mol. The molecule has 7 nitrogen and oxygen atoms in total. The van der Waals surface area contributed by atoms with Crippen molar-refractivity contribution < 1.29 is 29.3 Å². The molecule has 2 N–H and O–H groups in total. The van der Waals surface area contributed by atoms with Gasteiger partial charge >= 0.3 is 5.97 Å². The lowest BCUT2D eigenvalue weighted by atomic mass is 9.72. The molecule has 0 aromatic heterocycles. The average molecular weight is 437 g/mol. The first kappa shape index (κ1) is 20.8. The maximum Gasteiger partial charge on any atom is 0.335 e. The number of aromatic hydroxyl groups is 1. The second kappa shape index (κ2) is 7.52. The van der Waals surface area contributed by atoms with Crippen LogP contribution in [0.3, 0.4) is 0 Å². The SMILES string of the molecule is CC1(C)Oc2cc(O)ccc2[C@H]2O[C@H]3CCCN(C(=O)c4ccc(C(=O)O)cc4)[C@H]3C[C@@H]21. The molecule has 0 radical (unpaired) electrons. The number of carbonyl (C=O) groups is 2. The van der Waals surface area contributed by atoms with Gasteiger partial charge in [-0.05, 0) is 69.5 Å². The highest BCUT2D eigenvalue weighted by atomic mass is 16.5. The number of ether oxygens (including phenoxy) is 2. The first-order valence-electron chi connectivity index (χ1n) is 11.1. The third-order valence-electron chi connectivity index (χ3n) is 7.11. The van der Waals surface area contributed by atoms with Crippen LogP contribution in [0.4, 0.5) is 0 Å². The Labute approximate surface area is 186 Å². The molecule has 7 heteroatoms. The quantitative estimate of drug-likeness (QED) is 0.737. The second-order valence-electron chi connectivity index (χ2n) is 9.46. The molecule has 0 spiro atoms. The summed E-state index contributed by atoms with van der Waals surface area (Å²) in [6.45, 7) is 4.70. The highest BCUT2D eigenvalue weighted by Gasteiger charge is 2.52. The zero-order valence-corrected chi connectivity index (χ0v) is 18.2. The van der Waals surface area contributed by atoms with Gasteiger partial charge in [0.25, 0.3) is 5.91 Å². The van der Waals surface area contributed by atoms with Crippen LogP contribution in [0.1, 0.15) is 65.5 Å². The number of nitrogens with zero attached hydrogens (tertiary/aromatic N) is 1. The number of carboxylic acids is 1. The topological polar surface area (TPSA) is 96.3 Å². The highest BCUT2D eigenvalue weighted by molar-refractivity contribution is 5.96. The van der Waals surface area contributed by atoms with E-state index in [9.17, 15) is 14.7 Å². The van der Waals surface area contributed by atoms with Gasteiger partial charge in [0.1, 0.15) is 17.1 Å². The summed E-state index contributed by atoms with van der Waals surface area (Å²) >= 11 is 0. The Balaban J connectivity index is 1.43. The van der Waals surface area contributed by atoms with Crippen molar-refractivity contribution in [2.75, 3.05) is 6.54 Å². The molecule has 5 rings (SSSR count). The Morgan fingerprint density at radius 2 is 1.81 bits per heavy atom. The molecule has 3 aliphatic heterocycles. The molecular formula is C25H27NO6. The van der Waals surface area contributed by atoms with Crippen molar-refractivity contribution in [3.05, 3.63) is 59.2 Å². The first-order valence-corrected chi connectivity index (χ1v) is 11.1. The van der Waals surface area contributed by atoms with Gasteiger partial charge in [0.2, 0.25) is 0 Å². The summed E-state index contributed by atoms with van der Waals surface area (Å²) in [4.78, 5) is 26.4. The lowest BCUT2D eigenvalue weighted by Gasteiger charge is -2.54. The van der Waals surface area contributed by atoms with E-state index in [0.29, 0.717) is 17.9 Å². The van der Waals surface area contributed by atoms with Crippen molar-refractivity contribution in [2.24, 2.45) is 5.92 Å². The molecule has 0 aliphatic carbocycles. The Morgan fingerprint density at radius 1 is 1.09 bits per heavy atom. The van der Waals surface area contributed by atoms with Crippen LogP contribution in [0.5, 0.6) is 11.5 Å². The number of fused-ring (bicyclic) bond motifs is 4. The maximum absolute atomic E-state index is 13.4. The number of aromatic carboxylic acids is 1. The van der Waals surface area contributed by atoms with Crippen LogP contribution in [-0.4, -0.2) is 51.3 Å². The van der Waals surface area contributed by atoms with Crippen molar-refractivity contribution in [1.29, 1.82) is 0 Å². The molecule has 2 fully saturated rings. The highest BCUT2D eigenvalue weighted by Crippen LogP contribution is 2.53. The molecule has 32 heavy (non-hydrogen) atoms. The van der Waals surface area contributed by atoms with Gasteiger partial charge in [0.15, 0.2) is 0 Å². The van der Waals surface area contributed by atoms with E-state index >= 15 is 0 Å². The molecule has 3 aliphatic rings. The van der Waals surface area contributed by atoms with Crippen LogP contribution in [0, 0.1) is 5.92 Å². The molecule has 2 saturated heterocycles. The van der Waals surface area contributed by atoms with Gasteiger partial charge in [-0.3, -0.25) is 4.79 Å². The molecule has 3 heterocycles. The summed E-state index contributed by atoms with van der Waals surface area (Å²) in [5.74, 6) is -0.254. The van der Waals surface area contributed by atoms with E-state index in [0.717, 1.165) is 24.8 Å². The standard InChI is InChI=1S/C25H27NO6/c1-25(2)18-13-19-20(31-22(18)17-10-9-16(27)12-21(17)32-25)4-3-11-26(19)23(28)14-5-7-15(8-6-14)24(29)30/h5-10,12,18-20,22,27H,3-4,11,13H2,1-2H3,(H,29,30)/t18-,19-,20-,22+/m0/s1. The number of hydrogen-bond acceptors (Lipinski definition) is 5. The van der Waals surface area contributed by atoms with E-state index in [1.165, 1.54) is 12.1 Å². The second-order valence-corrected chi connectivity index (χ2v) is 9.46. The fraction of sp³-hybridized carbons (Fsp3) is 0.440. The summed E-state index contributed by atoms with van der Waals surface area (Å²) in [5, 5.41) is 19.0. The van der Waals surface area contributed by atoms with Crippen LogP contribution >= 0.6 is 0 Å². The number of piperidine rings is 1. The van der Waals surface area contributed by atoms with E-state index in [1.807, 2.05) is 24.8 Å².